The lowest BCUT2D eigenvalue weighted by atomic mass is 9.79. The summed E-state index contributed by atoms with van der Waals surface area (Å²) < 4.78 is 0.258. The average molecular weight is 1710 g/mol. The van der Waals surface area contributed by atoms with Crippen molar-refractivity contribution in [3.63, 3.8) is 0 Å². The molecule has 5 saturated heterocycles. The molecule has 120 heavy (non-hydrogen) atoms. The van der Waals surface area contributed by atoms with Crippen molar-refractivity contribution in [3.05, 3.63) is 318 Å². The minimum absolute atomic E-state index is 0.00530. The second-order valence-electron chi connectivity index (χ2n) is 38.6. The number of halogens is 1. The van der Waals surface area contributed by atoms with E-state index in [0.717, 1.165) is 31.0 Å². The topological polar surface area (TPSA) is 16.2 Å². The first kappa shape index (κ1) is 88.4. The monoisotopic (exact) mass is 1700 g/mol. The molecule has 4 atom stereocenters. The molecule has 4 unspecified atom stereocenters. The number of hydrogen-bond donors (Lipinski definition) is 0. The number of thioether (sulfide) groups is 5. The van der Waals surface area contributed by atoms with Gasteiger partial charge >= 0.3 is 0 Å². The van der Waals surface area contributed by atoms with Gasteiger partial charge < -0.3 is 24.5 Å². The predicted octanol–water partition coefficient (Wildman–Crippen LogP) is 28.4. The number of fused-ring (bicyclic) bond motifs is 5. The molecule has 9 aromatic rings. The van der Waals surface area contributed by atoms with Crippen LogP contribution >= 0.6 is 70.4 Å². The van der Waals surface area contributed by atoms with Gasteiger partial charge in [-0.15, -0.1) is 58.8 Å². The third-order valence-corrected chi connectivity index (χ3v) is 34.4. The van der Waals surface area contributed by atoms with Gasteiger partial charge in [-0.2, -0.15) is 0 Å². The maximum absolute atomic E-state index is 6.20. The molecule has 19 rings (SSSR count). The van der Waals surface area contributed by atoms with Crippen LogP contribution in [0.15, 0.2) is 271 Å². The summed E-state index contributed by atoms with van der Waals surface area (Å²) >= 11 is 16.3. The molecule has 11 heteroatoms. The zero-order chi connectivity index (χ0) is 84.7. The summed E-state index contributed by atoms with van der Waals surface area (Å²) in [7, 11) is 11.2. The number of piperidine rings is 5. The molecule has 0 radical (unpaired) electrons. The summed E-state index contributed by atoms with van der Waals surface area (Å²) in [6.45, 7) is 42.2. The van der Waals surface area contributed by atoms with E-state index in [0.29, 0.717) is 0 Å². The Labute approximate surface area is 748 Å². The Balaban J connectivity index is 0.000000118. The van der Waals surface area contributed by atoms with Crippen LogP contribution in [0.5, 0.6) is 0 Å². The predicted molar refractivity (Wildman–Crippen MR) is 526 cm³/mol. The van der Waals surface area contributed by atoms with Crippen LogP contribution in [0.2, 0.25) is 5.02 Å². The largest absolute Gasteiger partial charge is 0.306 e. The van der Waals surface area contributed by atoms with Crippen LogP contribution in [0.25, 0.3) is 27.9 Å². The lowest BCUT2D eigenvalue weighted by molar-refractivity contribution is 0.312. The maximum Gasteiger partial charge on any atom is 0.0681 e. The number of likely N-dealkylation sites (tertiary alicyclic amines) is 5. The van der Waals surface area contributed by atoms with E-state index >= 15 is 0 Å². The summed E-state index contributed by atoms with van der Waals surface area (Å²) in [5.41, 5.74) is 33.8. The van der Waals surface area contributed by atoms with E-state index in [1.165, 1.54) is 195 Å². The van der Waals surface area contributed by atoms with Crippen LogP contribution in [-0.2, 0) is 29.8 Å². The van der Waals surface area contributed by atoms with E-state index in [-0.39, 0.29) is 34.6 Å². The summed E-state index contributed by atoms with van der Waals surface area (Å²) in [6.07, 6.45) is 12.0. The van der Waals surface area contributed by atoms with Gasteiger partial charge in [-0.3, -0.25) is 0 Å². The summed E-state index contributed by atoms with van der Waals surface area (Å²) in [4.78, 5) is 19.4. The minimum atomic E-state index is -0.0608. The van der Waals surface area contributed by atoms with Crippen LogP contribution in [-0.4, -0.2) is 130 Å². The van der Waals surface area contributed by atoms with Crippen molar-refractivity contribution in [1.29, 1.82) is 0 Å². The van der Waals surface area contributed by atoms with Gasteiger partial charge in [-0.05, 0) is 302 Å². The van der Waals surface area contributed by atoms with Crippen molar-refractivity contribution in [2.75, 3.05) is 101 Å². The zero-order valence-corrected chi connectivity index (χ0v) is 79.9. The smallest absolute Gasteiger partial charge is 0.0681 e. The molecule has 10 aliphatic heterocycles. The SMILES string of the molecule is CN1CCC(=C2c3cc(C(C)(C)C)ccc3SC2(C)c2ccc(Cl)cc2)CC1.CN1CCC(=C2c3cc(C(C)(C)C)ccc3SC2(C)c2ccccc2)CC1.CN1CCC(=C2c3ccccc3SC2(C)C)CC1.CN1CCC(=C2c3ccccc3SC2(C)c2ccccc2)CC1.Cc1ccc2c(c1)C(=C1CCN(C)CC1)C(C)(c1ccccc1)S2. The molecule has 0 N–H and O–H groups in total. The van der Waals surface area contributed by atoms with Crippen LogP contribution in [0.4, 0.5) is 0 Å². The second kappa shape index (κ2) is 36.6. The zero-order valence-electron chi connectivity index (χ0n) is 75.1. The van der Waals surface area contributed by atoms with Crippen LogP contribution < -0.4 is 0 Å². The highest BCUT2D eigenvalue weighted by Gasteiger charge is 2.48. The molecule has 10 heterocycles. The highest BCUT2D eigenvalue weighted by Crippen LogP contribution is 2.65. The highest BCUT2D eigenvalue weighted by atomic mass is 35.5. The summed E-state index contributed by atoms with van der Waals surface area (Å²) in [5, 5.41) is 0.802. The first-order chi connectivity index (χ1) is 57.3. The Morgan fingerprint density at radius 1 is 0.267 bits per heavy atom. The summed E-state index contributed by atoms with van der Waals surface area (Å²) in [6, 6.07) is 80.8. The van der Waals surface area contributed by atoms with E-state index < -0.39 is 0 Å². The average Bonchev–Trinajstić information content (AvgIpc) is 1.58. The van der Waals surface area contributed by atoms with Crippen molar-refractivity contribution >= 4 is 98.3 Å². The van der Waals surface area contributed by atoms with Gasteiger partial charge in [0.25, 0.3) is 0 Å². The van der Waals surface area contributed by atoms with Crippen molar-refractivity contribution < 1.29 is 0 Å². The molecule has 10 aliphatic rings. The van der Waals surface area contributed by atoms with Gasteiger partial charge in [-0.25, -0.2) is 0 Å². The lowest BCUT2D eigenvalue weighted by Crippen LogP contribution is -2.28. The molecule has 0 bridgehead atoms. The first-order valence-corrected chi connectivity index (χ1v) is 48.8. The summed E-state index contributed by atoms with van der Waals surface area (Å²) in [5.74, 6) is 0. The minimum Gasteiger partial charge on any atom is -0.306 e. The van der Waals surface area contributed by atoms with Gasteiger partial charge in [0, 0.05) is 99.7 Å². The third kappa shape index (κ3) is 18.8. The number of nitrogens with zero attached hydrogens (tertiary/aromatic N) is 5. The van der Waals surface area contributed by atoms with E-state index in [1.807, 2.05) is 70.9 Å². The molecule has 628 valence electrons. The van der Waals surface area contributed by atoms with Gasteiger partial charge in [0.15, 0.2) is 0 Å². The van der Waals surface area contributed by atoms with Crippen molar-refractivity contribution in [2.24, 2.45) is 0 Å². The Morgan fingerprint density at radius 3 is 0.842 bits per heavy atom. The standard InChI is InChI=1S/C25H30ClNS.C25H31NS.C22H25NS.C21H23NS.C16H21NS/c1-24(2,3)19-8-11-22-21(16-19)23(17-12-14-27(5)15-13-17)25(4,28-22)18-6-9-20(26)10-7-18;1-24(2,3)20-11-12-22-21(17-20)23(18-13-15-26(5)16-14-18)25(4,27-22)19-9-7-6-8-10-19;1-16-9-10-20-19(15-16)21(17-11-13-23(3)14-12-17)22(2,24-20)18-7-5-4-6-8-18;1-21(17-8-4-3-5-9-17)20(16-12-14-22(2)15-13-16)18-10-6-7-11-19(18)23-21;1-16(2)15(12-8-10-17(3)11-9-12)13-6-4-5-7-14(13)18-16/h6-11,16H,12-15H2,1-5H3;6-12,17H,13-16H2,1-5H3;4-10,15H,11-14H2,1-3H3;3-11H,12-15H2,1-2H3;4-7H,8-11H2,1-3H3. The quantitative estimate of drug-likeness (QED) is 0.169. The molecule has 0 amide bonds. The fourth-order valence-electron chi connectivity index (χ4n) is 20.0. The second-order valence-corrected chi connectivity index (χ2v) is 46.5. The van der Waals surface area contributed by atoms with Gasteiger partial charge in [-0.1, -0.05) is 250 Å². The molecule has 0 aromatic heterocycles. The van der Waals surface area contributed by atoms with Crippen molar-refractivity contribution in [1.82, 2.24) is 24.5 Å². The normalized spacial score (nSPS) is 23.8. The lowest BCUT2D eigenvalue weighted by Gasteiger charge is -2.32. The van der Waals surface area contributed by atoms with Crippen LogP contribution in [0.1, 0.15) is 214 Å². The Bertz CT molecular complexity index is 5330. The maximum atomic E-state index is 6.20. The molecule has 9 aromatic carbocycles. The van der Waals surface area contributed by atoms with E-state index in [4.69, 9.17) is 11.6 Å². The third-order valence-electron chi connectivity index (χ3n) is 27.2. The fourth-order valence-corrected chi connectivity index (χ4v) is 27.4. The first-order valence-electron chi connectivity index (χ1n) is 44.3. The molecule has 0 saturated carbocycles. The Morgan fingerprint density at radius 2 is 0.517 bits per heavy atom. The molecule has 0 aliphatic carbocycles. The Kier molecular flexibility index (Phi) is 27.0. The van der Waals surface area contributed by atoms with Crippen molar-refractivity contribution in [2.45, 2.75) is 213 Å². The number of rotatable bonds is 4. The molecule has 0 spiro atoms. The van der Waals surface area contributed by atoms with Crippen molar-refractivity contribution in [3.8, 4) is 0 Å². The highest BCUT2D eigenvalue weighted by molar-refractivity contribution is 8.02. The number of benzene rings is 9. The fraction of sp³-hybridized carbons (Fsp3) is 0.413. The van der Waals surface area contributed by atoms with Crippen LogP contribution in [0.3, 0.4) is 0 Å². The van der Waals surface area contributed by atoms with E-state index in [1.54, 1.807) is 55.7 Å². The number of aryl methyl sites for hydroxylation is 1. The molecular formula is C109H130ClN5S5. The molecule has 5 nitrogen and oxygen atoms in total. The van der Waals surface area contributed by atoms with E-state index in [9.17, 15) is 0 Å². The van der Waals surface area contributed by atoms with Gasteiger partial charge in [0.05, 0.1) is 19.0 Å². The van der Waals surface area contributed by atoms with E-state index in [2.05, 4.69) is 356 Å². The van der Waals surface area contributed by atoms with Crippen LogP contribution in [0, 0.1) is 6.92 Å². The van der Waals surface area contributed by atoms with Gasteiger partial charge in [0.1, 0.15) is 0 Å². The Hall–Kier alpha value is -6.48. The van der Waals surface area contributed by atoms with Gasteiger partial charge in [0.2, 0.25) is 0 Å². The molecule has 5 fully saturated rings. The number of hydrogen-bond acceptors (Lipinski definition) is 10. The molecular weight excluding hydrogens is 1580 g/mol.